The van der Waals surface area contributed by atoms with Gasteiger partial charge in [-0.3, -0.25) is 0 Å². The predicted octanol–water partition coefficient (Wildman–Crippen LogP) is 0.912. The SMILES string of the molecule is COCCCNC(=S)NCC1CCOC1C. The first-order chi connectivity index (χ1) is 7.74. The highest BCUT2D eigenvalue weighted by atomic mass is 32.1. The third-order valence-corrected chi connectivity index (χ3v) is 3.16. The third kappa shape index (κ3) is 5.09. The predicted molar refractivity (Wildman–Crippen MR) is 68.6 cm³/mol. The second-order valence-corrected chi connectivity index (χ2v) is 4.52. The van der Waals surface area contributed by atoms with Crippen LogP contribution in [0.3, 0.4) is 0 Å². The highest BCUT2D eigenvalue weighted by Gasteiger charge is 2.23. The van der Waals surface area contributed by atoms with E-state index >= 15 is 0 Å². The Morgan fingerprint density at radius 2 is 2.31 bits per heavy atom. The molecule has 0 aliphatic carbocycles. The molecule has 94 valence electrons. The maximum absolute atomic E-state index is 5.49. The van der Waals surface area contributed by atoms with Crippen molar-refractivity contribution in [2.75, 3.05) is 33.4 Å². The van der Waals surface area contributed by atoms with Crippen LogP contribution in [0.2, 0.25) is 0 Å². The van der Waals surface area contributed by atoms with Gasteiger partial charge in [0.05, 0.1) is 6.10 Å². The molecule has 0 radical (unpaired) electrons. The van der Waals surface area contributed by atoms with Crippen LogP contribution in [0.4, 0.5) is 0 Å². The fourth-order valence-electron chi connectivity index (χ4n) is 1.75. The molecule has 1 saturated heterocycles. The second kappa shape index (κ2) is 7.81. The largest absolute Gasteiger partial charge is 0.385 e. The summed E-state index contributed by atoms with van der Waals surface area (Å²) in [6.07, 6.45) is 2.45. The number of methoxy groups -OCH3 is 1. The molecule has 0 aromatic carbocycles. The summed E-state index contributed by atoms with van der Waals surface area (Å²) in [5.41, 5.74) is 0. The first-order valence-electron chi connectivity index (χ1n) is 5.86. The fraction of sp³-hybridized carbons (Fsp3) is 0.909. The minimum absolute atomic E-state index is 0.351. The van der Waals surface area contributed by atoms with Gasteiger partial charge in [0.2, 0.25) is 0 Å². The standard InChI is InChI=1S/C11H22N2O2S/c1-9-10(4-7-15-9)8-13-11(16)12-5-3-6-14-2/h9-10H,3-8H2,1-2H3,(H2,12,13,16). The summed E-state index contributed by atoms with van der Waals surface area (Å²) in [6.45, 7) is 5.52. The normalized spacial score (nSPS) is 24.4. The van der Waals surface area contributed by atoms with Gasteiger partial charge in [0, 0.05) is 39.3 Å². The number of rotatable bonds is 6. The van der Waals surface area contributed by atoms with Crippen LogP contribution in [0, 0.1) is 5.92 Å². The molecule has 0 amide bonds. The molecule has 2 atom stereocenters. The molecule has 5 heteroatoms. The lowest BCUT2D eigenvalue weighted by molar-refractivity contribution is 0.106. The topological polar surface area (TPSA) is 42.5 Å². The van der Waals surface area contributed by atoms with E-state index in [-0.39, 0.29) is 0 Å². The van der Waals surface area contributed by atoms with E-state index in [4.69, 9.17) is 21.7 Å². The van der Waals surface area contributed by atoms with Crippen molar-refractivity contribution in [2.24, 2.45) is 5.92 Å². The van der Waals surface area contributed by atoms with Gasteiger partial charge in [0.25, 0.3) is 0 Å². The molecule has 16 heavy (non-hydrogen) atoms. The zero-order valence-electron chi connectivity index (χ0n) is 10.1. The van der Waals surface area contributed by atoms with Gasteiger partial charge in [-0.05, 0) is 32.0 Å². The molecule has 1 rings (SSSR count). The Labute approximate surface area is 103 Å². The number of nitrogens with one attached hydrogen (secondary N) is 2. The number of thiocarbonyl (C=S) groups is 1. The highest BCUT2D eigenvalue weighted by molar-refractivity contribution is 7.80. The van der Waals surface area contributed by atoms with Crippen LogP contribution in [0.25, 0.3) is 0 Å². The molecule has 1 fully saturated rings. The lowest BCUT2D eigenvalue weighted by Crippen LogP contribution is -2.39. The van der Waals surface area contributed by atoms with Gasteiger partial charge in [-0.25, -0.2) is 0 Å². The number of ether oxygens (including phenoxy) is 2. The van der Waals surface area contributed by atoms with Crippen molar-refractivity contribution in [1.29, 1.82) is 0 Å². The fourth-order valence-corrected chi connectivity index (χ4v) is 1.93. The average molecular weight is 246 g/mol. The number of hydrogen-bond donors (Lipinski definition) is 2. The van der Waals surface area contributed by atoms with Gasteiger partial charge < -0.3 is 20.1 Å². The molecule has 1 aliphatic rings. The van der Waals surface area contributed by atoms with Gasteiger partial charge in [-0.15, -0.1) is 0 Å². The molecule has 2 unspecified atom stereocenters. The van der Waals surface area contributed by atoms with E-state index in [1.54, 1.807) is 7.11 Å². The molecule has 0 spiro atoms. The molecule has 0 aromatic heterocycles. The summed E-state index contributed by atoms with van der Waals surface area (Å²) in [5.74, 6) is 0.582. The zero-order chi connectivity index (χ0) is 11.8. The molecule has 0 aromatic rings. The van der Waals surface area contributed by atoms with Gasteiger partial charge in [-0.1, -0.05) is 0 Å². The monoisotopic (exact) mass is 246 g/mol. The smallest absolute Gasteiger partial charge is 0.166 e. The van der Waals surface area contributed by atoms with Crippen LogP contribution in [-0.4, -0.2) is 44.6 Å². The Bertz CT molecular complexity index is 214. The van der Waals surface area contributed by atoms with Gasteiger partial charge >= 0.3 is 0 Å². The summed E-state index contributed by atoms with van der Waals surface area (Å²) in [4.78, 5) is 0. The molecule has 1 heterocycles. The van der Waals surface area contributed by atoms with E-state index in [1.807, 2.05) is 0 Å². The summed E-state index contributed by atoms with van der Waals surface area (Å²) in [7, 11) is 1.71. The Morgan fingerprint density at radius 3 is 2.94 bits per heavy atom. The summed E-state index contributed by atoms with van der Waals surface area (Å²) < 4.78 is 10.4. The van der Waals surface area contributed by atoms with Crippen molar-refractivity contribution in [3.05, 3.63) is 0 Å². The van der Waals surface area contributed by atoms with Crippen LogP contribution >= 0.6 is 12.2 Å². The van der Waals surface area contributed by atoms with E-state index in [2.05, 4.69) is 17.6 Å². The average Bonchev–Trinajstić information content (AvgIpc) is 2.67. The van der Waals surface area contributed by atoms with Crippen molar-refractivity contribution in [1.82, 2.24) is 10.6 Å². The second-order valence-electron chi connectivity index (χ2n) is 4.11. The maximum atomic E-state index is 5.49. The summed E-state index contributed by atoms with van der Waals surface area (Å²) in [6, 6.07) is 0. The molecule has 1 aliphatic heterocycles. The van der Waals surface area contributed by atoms with Crippen molar-refractivity contribution in [3.63, 3.8) is 0 Å². The van der Waals surface area contributed by atoms with E-state index in [1.165, 1.54) is 0 Å². The van der Waals surface area contributed by atoms with Gasteiger partial charge in [0.15, 0.2) is 5.11 Å². The summed E-state index contributed by atoms with van der Waals surface area (Å²) >= 11 is 5.17. The first-order valence-corrected chi connectivity index (χ1v) is 6.27. The van der Waals surface area contributed by atoms with Crippen molar-refractivity contribution < 1.29 is 9.47 Å². The first kappa shape index (κ1) is 13.7. The molecule has 4 nitrogen and oxygen atoms in total. The molecule has 0 bridgehead atoms. The number of hydrogen-bond acceptors (Lipinski definition) is 3. The van der Waals surface area contributed by atoms with Crippen LogP contribution < -0.4 is 10.6 Å². The van der Waals surface area contributed by atoms with E-state index in [0.717, 1.165) is 44.3 Å². The van der Waals surface area contributed by atoms with E-state index < -0.39 is 0 Å². The van der Waals surface area contributed by atoms with Crippen LogP contribution in [0.15, 0.2) is 0 Å². The lowest BCUT2D eigenvalue weighted by atomic mass is 10.0. The quantitative estimate of drug-likeness (QED) is 0.539. The van der Waals surface area contributed by atoms with Gasteiger partial charge in [-0.2, -0.15) is 0 Å². The minimum atomic E-state index is 0.351. The van der Waals surface area contributed by atoms with Crippen LogP contribution in [0.5, 0.6) is 0 Å². The van der Waals surface area contributed by atoms with E-state index in [0.29, 0.717) is 12.0 Å². The molecule has 0 saturated carbocycles. The van der Waals surface area contributed by atoms with Crippen molar-refractivity contribution in [2.45, 2.75) is 25.9 Å². The third-order valence-electron chi connectivity index (χ3n) is 2.87. The zero-order valence-corrected chi connectivity index (χ0v) is 10.9. The Morgan fingerprint density at radius 1 is 1.50 bits per heavy atom. The summed E-state index contributed by atoms with van der Waals surface area (Å²) in [5, 5.41) is 7.12. The van der Waals surface area contributed by atoms with Crippen molar-refractivity contribution >= 4 is 17.3 Å². The Balaban J connectivity index is 2.01. The van der Waals surface area contributed by atoms with Crippen LogP contribution in [-0.2, 0) is 9.47 Å². The van der Waals surface area contributed by atoms with Crippen molar-refractivity contribution in [3.8, 4) is 0 Å². The highest BCUT2D eigenvalue weighted by Crippen LogP contribution is 2.18. The maximum Gasteiger partial charge on any atom is 0.166 e. The minimum Gasteiger partial charge on any atom is -0.385 e. The molecular formula is C11H22N2O2S. The lowest BCUT2D eigenvalue weighted by Gasteiger charge is -2.16. The van der Waals surface area contributed by atoms with E-state index in [9.17, 15) is 0 Å². The Hall–Kier alpha value is -0.390. The molecular weight excluding hydrogens is 224 g/mol. The van der Waals surface area contributed by atoms with Crippen LogP contribution in [0.1, 0.15) is 19.8 Å². The Kier molecular flexibility index (Phi) is 6.68. The molecule has 2 N–H and O–H groups in total. The van der Waals surface area contributed by atoms with Gasteiger partial charge in [0.1, 0.15) is 0 Å².